The Bertz CT molecular complexity index is 451. The topological polar surface area (TPSA) is 46.3 Å². The van der Waals surface area contributed by atoms with Crippen LogP contribution in [0.15, 0.2) is 24.3 Å². The zero-order chi connectivity index (χ0) is 15.2. The van der Waals surface area contributed by atoms with Gasteiger partial charge in [0, 0.05) is 25.2 Å². The first kappa shape index (κ1) is 19.0. The molecule has 1 heterocycles. The highest BCUT2D eigenvalue weighted by Crippen LogP contribution is 2.24. The minimum atomic E-state index is 0. The largest absolute Gasteiger partial charge is 0.339 e. The highest BCUT2D eigenvalue weighted by atomic mass is 35.5. The van der Waals surface area contributed by atoms with E-state index in [1.54, 1.807) is 0 Å². The summed E-state index contributed by atoms with van der Waals surface area (Å²) < 4.78 is 0. The van der Waals surface area contributed by atoms with E-state index in [0.29, 0.717) is 6.54 Å². The first-order chi connectivity index (χ1) is 10.1. The van der Waals surface area contributed by atoms with Crippen molar-refractivity contribution in [2.75, 3.05) is 13.1 Å². The molecule has 0 aromatic heterocycles. The van der Waals surface area contributed by atoms with Crippen LogP contribution < -0.4 is 5.73 Å². The smallest absolute Gasteiger partial charge is 0.253 e. The molecule has 22 heavy (non-hydrogen) atoms. The normalized spacial score (nSPS) is 15.7. The first-order valence-corrected chi connectivity index (χ1v) is 8.18. The summed E-state index contributed by atoms with van der Waals surface area (Å²) in [5.74, 6) is 1.75. The lowest BCUT2D eigenvalue weighted by Gasteiger charge is -2.32. The standard InChI is InChI=1S/C18H28N2O.ClH/c1-14(2)3-4-15-9-11-20(12-10-15)18(21)17-7-5-16(13-19)6-8-17;/h5-8,14-15H,3-4,9-13,19H2,1-2H3;1H. The summed E-state index contributed by atoms with van der Waals surface area (Å²) >= 11 is 0. The second-order valence-electron chi connectivity index (χ2n) is 6.61. The van der Waals surface area contributed by atoms with Gasteiger partial charge in [0.25, 0.3) is 5.91 Å². The van der Waals surface area contributed by atoms with Crippen molar-refractivity contribution in [3.05, 3.63) is 35.4 Å². The summed E-state index contributed by atoms with van der Waals surface area (Å²) in [6.07, 6.45) is 4.92. The predicted molar refractivity (Wildman–Crippen MR) is 94.3 cm³/mol. The molecule has 0 atom stereocenters. The lowest BCUT2D eigenvalue weighted by Crippen LogP contribution is -2.38. The molecule has 1 aromatic carbocycles. The van der Waals surface area contributed by atoms with Gasteiger partial charge < -0.3 is 10.6 Å². The number of hydrogen-bond acceptors (Lipinski definition) is 2. The summed E-state index contributed by atoms with van der Waals surface area (Å²) in [4.78, 5) is 14.5. The zero-order valence-corrected chi connectivity index (χ0v) is 14.6. The molecule has 0 bridgehead atoms. The predicted octanol–water partition coefficient (Wildman–Crippen LogP) is 3.86. The van der Waals surface area contributed by atoms with Crippen molar-refractivity contribution < 1.29 is 4.79 Å². The fourth-order valence-electron chi connectivity index (χ4n) is 2.96. The minimum Gasteiger partial charge on any atom is -0.339 e. The van der Waals surface area contributed by atoms with Crippen LogP contribution in [0.2, 0.25) is 0 Å². The van der Waals surface area contributed by atoms with E-state index >= 15 is 0 Å². The molecule has 0 spiro atoms. The summed E-state index contributed by atoms with van der Waals surface area (Å²) in [6, 6.07) is 7.69. The Balaban J connectivity index is 0.00000242. The molecule has 0 saturated carbocycles. The lowest BCUT2D eigenvalue weighted by molar-refractivity contribution is 0.0684. The summed E-state index contributed by atoms with van der Waals surface area (Å²) in [5, 5.41) is 0. The molecule has 0 aliphatic carbocycles. The van der Waals surface area contributed by atoms with E-state index in [0.717, 1.165) is 48.9 Å². The number of hydrogen-bond donors (Lipinski definition) is 1. The second kappa shape index (κ2) is 9.16. The van der Waals surface area contributed by atoms with Crippen molar-refractivity contribution in [1.29, 1.82) is 0 Å². The lowest BCUT2D eigenvalue weighted by atomic mass is 9.89. The quantitative estimate of drug-likeness (QED) is 0.894. The number of benzene rings is 1. The summed E-state index contributed by atoms with van der Waals surface area (Å²) in [6.45, 7) is 6.89. The van der Waals surface area contributed by atoms with Crippen molar-refractivity contribution in [3.63, 3.8) is 0 Å². The van der Waals surface area contributed by atoms with E-state index in [9.17, 15) is 4.79 Å². The van der Waals surface area contributed by atoms with Crippen LogP contribution in [0, 0.1) is 11.8 Å². The van der Waals surface area contributed by atoms with Crippen LogP contribution in [0.25, 0.3) is 0 Å². The molecule has 1 aromatic rings. The third-order valence-corrected chi connectivity index (χ3v) is 4.49. The Kier molecular flexibility index (Phi) is 7.91. The third-order valence-electron chi connectivity index (χ3n) is 4.49. The van der Waals surface area contributed by atoms with Gasteiger partial charge in [0.15, 0.2) is 0 Å². The van der Waals surface area contributed by atoms with Crippen LogP contribution >= 0.6 is 12.4 Å². The number of halogens is 1. The number of piperidine rings is 1. The fourth-order valence-corrected chi connectivity index (χ4v) is 2.96. The van der Waals surface area contributed by atoms with Gasteiger partial charge in [0.2, 0.25) is 0 Å². The van der Waals surface area contributed by atoms with E-state index < -0.39 is 0 Å². The maximum Gasteiger partial charge on any atom is 0.253 e. The number of nitrogens with two attached hydrogens (primary N) is 1. The van der Waals surface area contributed by atoms with Crippen LogP contribution in [-0.4, -0.2) is 23.9 Å². The molecule has 4 heteroatoms. The molecular weight excluding hydrogens is 296 g/mol. The van der Waals surface area contributed by atoms with E-state index in [-0.39, 0.29) is 18.3 Å². The Morgan fingerprint density at radius 3 is 2.32 bits per heavy atom. The van der Waals surface area contributed by atoms with Gasteiger partial charge in [-0.2, -0.15) is 0 Å². The second-order valence-corrected chi connectivity index (χ2v) is 6.61. The molecule has 0 radical (unpaired) electrons. The van der Waals surface area contributed by atoms with E-state index in [1.807, 2.05) is 29.2 Å². The van der Waals surface area contributed by atoms with Gasteiger partial charge >= 0.3 is 0 Å². The van der Waals surface area contributed by atoms with Gasteiger partial charge in [0.05, 0.1) is 0 Å². The zero-order valence-electron chi connectivity index (χ0n) is 13.8. The minimum absolute atomic E-state index is 0. The van der Waals surface area contributed by atoms with Crippen molar-refractivity contribution >= 4 is 18.3 Å². The number of carbonyl (C=O) groups excluding carboxylic acids is 1. The molecule has 3 nitrogen and oxygen atoms in total. The molecular formula is C18H29ClN2O. The van der Waals surface area contributed by atoms with Crippen molar-refractivity contribution in [3.8, 4) is 0 Å². The fraction of sp³-hybridized carbons (Fsp3) is 0.611. The maximum absolute atomic E-state index is 12.5. The number of carbonyl (C=O) groups is 1. The molecule has 1 aliphatic heterocycles. The van der Waals surface area contributed by atoms with Crippen molar-refractivity contribution in [2.45, 2.75) is 46.1 Å². The van der Waals surface area contributed by atoms with Gasteiger partial charge in [-0.05, 0) is 42.4 Å². The van der Waals surface area contributed by atoms with Gasteiger partial charge in [-0.3, -0.25) is 4.79 Å². The molecule has 0 unspecified atom stereocenters. The van der Waals surface area contributed by atoms with E-state index in [4.69, 9.17) is 5.73 Å². The maximum atomic E-state index is 12.5. The number of likely N-dealkylation sites (tertiary alicyclic amines) is 1. The number of nitrogens with zero attached hydrogens (tertiary/aromatic N) is 1. The Hall–Kier alpha value is -1.06. The number of rotatable bonds is 5. The van der Waals surface area contributed by atoms with Crippen molar-refractivity contribution in [1.82, 2.24) is 4.90 Å². The van der Waals surface area contributed by atoms with Gasteiger partial charge in [-0.25, -0.2) is 0 Å². The average molecular weight is 325 g/mol. The summed E-state index contributed by atoms with van der Waals surface area (Å²) in [7, 11) is 0. The molecule has 2 N–H and O–H groups in total. The molecule has 124 valence electrons. The van der Waals surface area contributed by atoms with Crippen LogP contribution in [0.3, 0.4) is 0 Å². The Labute approximate surface area is 140 Å². The highest BCUT2D eigenvalue weighted by Gasteiger charge is 2.23. The third kappa shape index (κ3) is 5.29. The van der Waals surface area contributed by atoms with Crippen LogP contribution in [0.1, 0.15) is 55.5 Å². The Morgan fingerprint density at radius 1 is 1.23 bits per heavy atom. The van der Waals surface area contributed by atoms with Crippen molar-refractivity contribution in [2.24, 2.45) is 17.6 Å². The van der Waals surface area contributed by atoms with Crippen LogP contribution in [-0.2, 0) is 6.54 Å². The van der Waals surface area contributed by atoms with Gasteiger partial charge in [-0.1, -0.05) is 38.8 Å². The van der Waals surface area contributed by atoms with Gasteiger partial charge in [-0.15, -0.1) is 12.4 Å². The van der Waals surface area contributed by atoms with Crippen LogP contribution in [0.4, 0.5) is 0 Å². The molecule has 1 fully saturated rings. The first-order valence-electron chi connectivity index (χ1n) is 8.18. The SMILES string of the molecule is CC(C)CCC1CCN(C(=O)c2ccc(CN)cc2)CC1.Cl. The Morgan fingerprint density at radius 2 is 1.82 bits per heavy atom. The summed E-state index contributed by atoms with van der Waals surface area (Å²) in [5.41, 5.74) is 7.44. The monoisotopic (exact) mass is 324 g/mol. The molecule has 1 aliphatic rings. The highest BCUT2D eigenvalue weighted by molar-refractivity contribution is 5.94. The average Bonchev–Trinajstić information content (AvgIpc) is 2.53. The number of amides is 1. The van der Waals surface area contributed by atoms with E-state index in [1.165, 1.54) is 12.8 Å². The van der Waals surface area contributed by atoms with E-state index in [2.05, 4.69) is 13.8 Å². The van der Waals surface area contributed by atoms with Crippen LogP contribution in [0.5, 0.6) is 0 Å². The molecule has 2 rings (SSSR count). The molecule has 1 saturated heterocycles. The van der Waals surface area contributed by atoms with Gasteiger partial charge in [0.1, 0.15) is 0 Å². The molecule has 1 amide bonds.